The Morgan fingerprint density at radius 2 is 1.75 bits per heavy atom. The van der Waals surface area contributed by atoms with Crippen molar-refractivity contribution in [1.29, 1.82) is 0 Å². The van der Waals surface area contributed by atoms with Gasteiger partial charge in [0.15, 0.2) is 0 Å². The third-order valence-corrected chi connectivity index (χ3v) is 4.00. The van der Waals surface area contributed by atoms with Crippen LogP contribution in [0.3, 0.4) is 0 Å². The van der Waals surface area contributed by atoms with Gasteiger partial charge in [-0.2, -0.15) is 23.5 Å². The van der Waals surface area contributed by atoms with E-state index in [1.807, 2.05) is 23.5 Å². The third-order valence-electron chi connectivity index (χ3n) is 1.10. The first-order valence-corrected chi connectivity index (χ1v) is 4.77. The van der Waals surface area contributed by atoms with Crippen LogP contribution in [-0.2, 0) is 0 Å². The standard InChI is InChI=1S/C5H10BS2/c1-5(2)7-3-6-4-8-5/h3-4H2,1-2H3. The van der Waals surface area contributed by atoms with Crippen molar-refractivity contribution >= 4 is 30.8 Å². The van der Waals surface area contributed by atoms with Gasteiger partial charge in [-0.25, -0.2) is 0 Å². The normalized spacial score (nSPS) is 26.8. The molecular formula is C5H10BS2. The highest BCUT2D eigenvalue weighted by atomic mass is 32.2. The maximum atomic E-state index is 2.33. The maximum Gasteiger partial charge on any atom is 0.136 e. The summed E-state index contributed by atoms with van der Waals surface area (Å²) < 4.78 is 0.481. The van der Waals surface area contributed by atoms with Crippen molar-refractivity contribution in [3.63, 3.8) is 0 Å². The number of rotatable bonds is 0. The molecule has 1 aliphatic heterocycles. The van der Waals surface area contributed by atoms with E-state index in [-0.39, 0.29) is 0 Å². The largest absolute Gasteiger partial charge is 0.154 e. The Kier molecular flexibility index (Phi) is 2.21. The highest BCUT2D eigenvalue weighted by Crippen LogP contribution is 2.38. The number of hydrogen-bond acceptors (Lipinski definition) is 2. The summed E-state index contributed by atoms with van der Waals surface area (Å²) in [6.45, 7) is 4.57. The molecular weight excluding hydrogens is 135 g/mol. The van der Waals surface area contributed by atoms with E-state index in [9.17, 15) is 0 Å². The zero-order chi connectivity index (χ0) is 6.04. The van der Waals surface area contributed by atoms with Gasteiger partial charge in [0, 0.05) is 0 Å². The smallest absolute Gasteiger partial charge is 0.136 e. The van der Waals surface area contributed by atoms with Gasteiger partial charge in [-0.05, 0) is 25.2 Å². The van der Waals surface area contributed by atoms with E-state index in [0.717, 1.165) is 0 Å². The zero-order valence-electron chi connectivity index (χ0n) is 5.31. The molecule has 8 heavy (non-hydrogen) atoms. The van der Waals surface area contributed by atoms with Crippen molar-refractivity contribution in [2.45, 2.75) is 17.9 Å². The van der Waals surface area contributed by atoms with Gasteiger partial charge in [0.1, 0.15) is 7.28 Å². The predicted octanol–water partition coefficient (Wildman–Crippen LogP) is 1.82. The van der Waals surface area contributed by atoms with E-state index < -0.39 is 0 Å². The summed E-state index contributed by atoms with van der Waals surface area (Å²) in [5, 5.41) is 0. The van der Waals surface area contributed by atoms with Crippen LogP contribution in [0.2, 0.25) is 0 Å². The van der Waals surface area contributed by atoms with E-state index in [2.05, 4.69) is 21.1 Å². The molecule has 1 aliphatic rings. The molecule has 0 amide bonds. The van der Waals surface area contributed by atoms with Crippen molar-refractivity contribution in [2.24, 2.45) is 0 Å². The summed E-state index contributed by atoms with van der Waals surface area (Å²) in [6, 6.07) is 0. The number of thioether (sulfide) groups is 2. The molecule has 1 radical (unpaired) electrons. The van der Waals surface area contributed by atoms with E-state index >= 15 is 0 Å². The Morgan fingerprint density at radius 1 is 1.25 bits per heavy atom. The molecule has 0 nitrogen and oxygen atoms in total. The Bertz CT molecular complexity index is 74.5. The van der Waals surface area contributed by atoms with Crippen molar-refractivity contribution in [1.82, 2.24) is 0 Å². The molecule has 0 aromatic heterocycles. The summed E-state index contributed by atoms with van der Waals surface area (Å²) in [4.78, 5) is 0. The lowest BCUT2D eigenvalue weighted by Gasteiger charge is -2.27. The minimum absolute atomic E-state index is 0.481. The summed E-state index contributed by atoms with van der Waals surface area (Å²) in [5.74, 6) is 0. The Balaban J connectivity index is 2.33. The second-order valence-electron chi connectivity index (χ2n) is 2.31. The second-order valence-corrected chi connectivity index (χ2v) is 5.85. The highest BCUT2D eigenvalue weighted by molar-refractivity contribution is 8.20. The molecule has 0 aromatic rings. The van der Waals surface area contributed by atoms with Gasteiger partial charge < -0.3 is 0 Å². The van der Waals surface area contributed by atoms with Gasteiger partial charge >= 0.3 is 0 Å². The summed E-state index contributed by atoms with van der Waals surface area (Å²) in [7, 11) is 2.33. The van der Waals surface area contributed by atoms with Gasteiger partial charge in [0.05, 0.1) is 4.08 Å². The molecule has 0 atom stereocenters. The molecule has 1 heterocycles. The van der Waals surface area contributed by atoms with Crippen molar-refractivity contribution in [2.75, 3.05) is 11.3 Å². The fourth-order valence-corrected chi connectivity index (χ4v) is 2.77. The molecule has 3 heteroatoms. The topological polar surface area (TPSA) is 0 Å². The second kappa shape index (κ2) is 2.57. The fourth-order valence-electron chi connectivity index (χ4n) is 0.609. The van der Waals surface area contributed by atoms with E-state index in [0.29, 0.717) is 4.08 Å². The lowest BCUT2D eigenvalue weighted by atomic mass is 9.86. The van der Waals surface area contributed by atoms with Gasteiger partial charge in [0.2, 0.25) is 0 Å². The van der Waals surface area contributed by atoms with Gasteiger partial charge in [0.25, 0.3) is 0 Å². The molecule has 0 aliphatic carbocycles. The van der Waals surface area contributed by atoms with Crippen LogP contribution in [0, 0.1) is 0 Å². The van der Waals surface area contributed by atoms with Crippen LogP contribution in [-0.4, -0.2) is 22.7 Å². The Labute approximate surface area is 60.4 Å². The number of hydrogen-bond donors (Lipinski definition) is 0. The first kappa shape index (κ1) is 6.88. The van der Waals surface area contributed by atoms with Crippen molar-refractivity contribution in [3.05, 3.63) is 0 Å². The molecule has 1 saturated heterocycles. The molecule has 0 bridgehead atoms. The fraction of sp³-hybridized carbons (Fsp3) is 1.00. The maximum absolute atomic E-state index is 2.33. The molecule has 0 saturated carbocycles. The summed E-state index contributed by atoms with van der Waals surface area (Å²) in [5.41, 5.74) is 2.47. The Hall–Kier alpha value is 0.765. The van der Waals surface area contributed by atoms with E-state index in [4.69, 9.17) is 0 Å². The van der Waals surface area contributed by atoms with Crippen LogP contribution < -0.4 is 0 Å². The van der Waals surface area contributed by atoms with Crippen LogP contribution in [0.1, 0.15) is 13.8 Å². The third kappa shape index (κ3) is 1.94. The quantitative estimate of drug-likeness (QED) is 0.477. The molecule has 0 unspecified atom stereocenters. The summed E-state index contributed by atoms with van der Waals surface area (Å²) >= 11 is 4.06. The monoisotopic (exact) mass is 145 g/mol. The molecule has 45 valence electrons. The zero-order valence-corrected chi connectivity index (χ0v) is 6.94. The van der Waals surface area contributed by atoms with Crippen LogP contribution in [0.5, 0.6) is 0 Å². The van der Waals surface area contributed by atoms with Gasteiger partial charge in [-0.3, -0.25) is 0 Å². The molecule has 0 spiro atoms. The Morgan fingerprint density at radius 3 is 2.00 bits per heavy atom. The lowest BCUT2D eigenvalue weighted by Crippen LogP contribution is -2.20. The first-order chi connectivity index (χ1) is 3.71. The average molecular weight is 145 g/mol. The van der Waals surface area contributed by atoms with Crippen LogP contribution in [0.25, 0.3) is 0 Å². The van der Waals surface area contributed by atoms with Crippen LogP contribution in [0.4, 0.5) is 0 Å². The lowest BCUT2D eigenvalue weighted by molar-refractivity contribution is 1.03. The molecule has 1 rings (SSSR count). The molecule has 0 N–H and O–H groups in total. The van der Waals surface area contributed by atoms with Crippen LogP contribution >= 0.6 is 23.5 Å². The van der Waals surface area contributed by atoms with Crippen molar-refractivity contribution < 1.29 is 0 Å². The predicted molar refractivity (Wildman–Crippen MR) is 44.7 cm³/mol. The minimum Gasteiger partial charge on any atom is -0.154 e. The van der Waals surface area contributed by atoms with Crippen LogP contribution in [0.15, 0.2) is 0 Å². The van der Waals surface area contributed by atoms with E-state index in [1.165, 1.54) is 11.3 Å². The minimum atomic E-state index is 0.481. The van der Waals surface area contributed by atoms with Crippen molar-refractivity contribution in [3.8, 4) is 0 Å². The highest BCUT2D eigenvalue weighted by Gasteiger charge is 2.21. The van der Waals surface area contributed by atoms with Gasteiger partial charge in [-0.15, -0.1) is 0 Å². The van der Waals surface area contributed by atoms with Gasteiger partial charge in [-0.1, -0.05) is 0 Å². The first-order valence-electron chi connectivity index (χ1n) is 2.80. The molecule has 0 aromatic carbocycles. The SMILES string of the molecule is CC1(C)SC[B]CS1. The average Bonchev–Trinajstić information content (AvgIpc) is 1.65. The molecule has 1 fully saturated rings. The van der Waals surface area contributed by atoms with E-state index in [1.54, 1.807) is 0 Å². The summed E-state index contributed by atoms with van der Waals surface area (Å²) in [6.07, 6.45) is 0.